The van der Waals surface area contributed by atoms with Crippen LogP contribution in [0.25, 0.3) is 44.2 Å². The molecule has 2 saturated carbocycles. The number of azide groups is 1. The number of pyridine rings is 2. The molecular weight excluding hydrogens is 1100 g/mol. The minimum absolute atomic E-state index is 0.00535. The third-order valence-electron chi connectivity index (χ3n) is 17.1. The third-order valence-corrected chi connectivity index (χ3v) is 18.7. The number of nitrogens with one attached hydrogen (secondary N) is 2. The lowest BCUT2D eigenvalue weighted by atomic mass is 9.68. The summed E-state index contributed by atoms with van der Waals surface area (Å²) in [7, 11) is 0. The van der Waals surface area contributed by atoms with Crippen LogP contribution in [0.2, 0.25) is 0 Å². The summed E-state index contributed by atoms with van der Waals surface area (Å²) in [4.78, 5) is 59.6. The Hall–Kier alpha value is -6.52. The molecule has 3 atom stereocenters. The zero-order valence-corrected chi connectivity index (χ0v) is 50.9. The average molecular weight is 1180 g/mol. The van der Waals surface area contributed by atoms with Crippen molar-refractivity contribution >= 4 is 52.8 Å². The van der Waals surface area contributed by atoms with E-state index < -0.39 is 51.1 Å². The van der Waals surface area contributed by atoms with Gasteiger partial charge in [0.25, 0.3) is 0 Å². The molecule has 84 heavy (non-hydrogen) atoms. The standard InChI is InChI=1S/C65H81ClN10O7S/c1-8-64(83-35-34-82-33-32-81-31-19-55(78)73-58(61(5,6)7)60(80)76-42-53(77)38-54(76)59(79)71-39-48-14-16-49(17-15-48)56-46(4)72-43-84-56)26-24-63(25-27-64,74-75-68)23-20-62(67)21-28-65(66,29-22-62)57-50(18-13-47-12-11-44(2)45(3)36-47)37-52(41-70-57)51-10-9-30-69-40-51/h1,9-18,30,36-37,40-41,43,53-54,58,77H,19-29,31-35,38-39,42,67H2,2-7H3,(H,71,79)(H,73,78)/b18-13+/t53-,54+,58-,62?,63?,64?,65?/m1/s1. The number of amides is 3. The second kappa shape index (κ2) is 28.1. The molecule has 3 fully saturated rings. The smallest absolute Gasteiger partial charge is 0.246 e. The van der Waals surface area contributed by atoms with Gasteiger partial charge < -0.3 is 40.6 Å². The van der Waals surface area contributed by atoms with Gasteiger partial charge in [0.2, 0.25) is 17.7 Å². The number of thiazole rings is 1. The number of β-amino-alcohol motifs (C(OH)–C–C–N with tert-alkyl or cyclic N) is 1. The molecule has 5 N–H and O–H groups in total. The fraction of sp³-hybridized carbons (Fsp3) is 0.508. The molecule has 0 radical (unpaired) electrons. The summed E-state index contributed by atoms with van der Waals surface area (Å²) in [6, 6.07) is 18.5. The first kappa shape index (κ1) is 63.5. The van der Waals surface area contributed by atoms with Crippen LogP contribution in [0.1, 0.15) is 137 Å². The fourth-order valence-electron chi connectivity index (χ4n) is 11.6. The predicted molar refractivity (Wildman–Crippen MR) is 330 cm³/mol. The Morgan fingerprint density at radius 2 is 1.64 bits per heavy atom. The molecule has 8 rings (SSSR count). The van der Waals surface area contributed by atoms with E-state index in [0.29, 0.717) is 64.2 Å². The number of aromatic nitrogens is 3. The highest BCUT2D eigenvalue weighted by Crippen LogP contribution is 2.50. The number of nitrogens with zero attached hydrogens (tertiary/aromatic N) is 7. The highest BCUT2D eigenvalue weighted by atomic mass is 35.5. The number of aliphatic hydroxyl groups is 1. The van der Waals surface area contributed by atoms with Crippen LogP contribution < -0.4 is 16.4 Å². The first-order valence-electron chi connectivity index (χ1n) is 29.2. The van der Waals surface area contributed by atoms with Gasteiger partial charge in [0.15, 0.2) is 0 Å². The maximum absolute atomic E-state index is 14.1. The molecule has 4 heterocycles. The molecule has 2 aromatic carbocycles. The molecule has 0 bridgehead atoms. The van der Waals surface area contributed by atoms with Gasteiger partial charge in [0.05, 0.1) is 65.8 Å². The molecule has 3 aliphatic rings. The number of benzene rings is 2. The number of aliphatic hydroxyl groups excluding tert-OH is 1. The maximum Gasteiger partial charge on any atom is 0.246 e. The van der Waals surface area contributed by atoms with Crippen LogP contribution >= 0.6 is 22.9 Å². The van der Waals surface area contributed by atoms with Crippen LogP contribution in [0.5, 0.6) is 0 Å². The molecule has 1 saturated heterocycles. The third kappa shape index (κ3) is 16.3. The number of carbonyl (C=O) groups is 3. The quantitative estimate of drug-likeness (QED) is 0.0113. The van der Waals surface area contributed by atoms with Crippen molar-refractivity contribution in [1.29, 1.82) is 0 Å². The van der Waals surface area contributed by atoms with E-state index in [2.05, 4.69) is 86.8 Å². The van der Waals surface area contributed by atoms with Gasteiger partial charge in [0, 0.05) is 71.6 Å². The lowest BCUT2D eigenvalue weighted by Crippen LogP contribution is -2.57. The van der Waals surface area contributed by atoms with Crippen molar-refractivity contribution in [3.8, 4) is 33.9 Å². The monoisotopic (exact) mass is 1180 g/mol. The Balaban J connectivity index is 0.743. The van der Waals surface area contributed by atoms with E-state index in [0.717, 1.165) is 49.6 Å². The molecule has 446 valence electrons. The Bertz CT molecular complexity index is 3190. The van der Waals surface area contributed by atoms with E-state index in [4.69, 9.17) is 43.0 Å². The van der Waals surface area contributed by atoms with Gasteiger partial charge in [-0.3, -0.25) is 24.4 Å². The van der Waals surface area contributed by atoms with Crippen LogP contribution in [-0.2, 0) is 40.0 Å². The van der Waals surface area contributed by atoms with Crippen molar-refractivity contribution in [3.63, 3.8) is 0 Å². The van der Waals surface area contributed by atoms with Crippen molar-refractivity contribution in [2.75, 3.05) is 39.6 Å². The van der Waals surface area contributed by atoms with Crippen LogP contribution in [-0.4, -0.2) is 117 Å². The number of halogens is 1. The number of nitrogens with two attached hydrogens (primary N) is 1. The summed E-state index contributed by atoms with van der Waals surface area (Å²) in [5.41, 5.74) is 26.3. The van der Waals surface area contributed by atoms with Crippen LogP contribution in [0.4, 0.5) is 0 Å². The number of carbonyl (C=O) groups excluding carboxylic acids is 3. The molecule has 0 unspecified atom stereocenters. The first-order valence-corrected chi connectivity index (χ1v) is 30.4. The first-order chi connectivity index (χ1) is 40.2. The molecule has 3 amide bonds. The molecule has 1 aliphatic heterocycles. The van der Waals surface area contributed by atoms with E-state index in [1.54, 1.807) is 17.5 Å². The van der Waals surface area contributed by atoms with Crippen molar-refractivity contribution < 1.29 is 33.7 Å². The number of ether oxygens (including phenoxy) is 3. The highest BCUT2D eigenvalue weighted by molar-refractivity contribution is 7.13. The molecule has 5 aromatic rings. The van der Waals surface area contributed by atoms with E-state index in [9.17, 15) is 25.0 Å². The van der Waals surface area contributed by atoms with Crippen molar-refractivity contribution in [2.24, 2.45) is 16.3 Å². The van der Waals surface area contributed by atoms with Crippen LogP contribution in [0.15, 0.2) is 89.9 Å². The van der Waals surface area contributed by atoms with E-state index in [1.165, 1.54) is 16.0 Å². The number of rotatable bonds is 24. The molecule has 19 heteroatoms. The van der Waals surface area contributed by atoms with E-state index in [1.807, 2.05) is 82.0 Å². The Labute approximate surface area is 503 Å². The number of aryl methyl sites for hydroxylation is 3. The van der Waals surface area contributed by atoms with E-state index >= 15 is 0 Å². The number of terminal acetylenes is 1. The lowest BCUT2D eigenvalue weighted by molar-refractivity contribution is -0.144. The van der Waals surface area contributed by atoms with Gasteiger partial charge in [-0.05, 0) is 141 Å². The number of likely N-dealkylation sites (tertiary alicyclic amines) is 1. The van der Waals surface area contributed by atoms with E-state index in [-0.39, 0.29) is 70.8 Å². The zero-order chi connectivity index (χ0) is 60.1. The fourth-order valence-corrected chi connectivity index (χ4v) is 12.7. The summed E-state index contributed by atoms with van der Waals surface area (Å²) >= 11 is 9.18. The minimum Gasteiger partial charge on any atom is -0.391 e. The van der Waals surface area contributed by atoms with Gasteiger partial charge >= 0.3 is 0 Å². The highest BCUT2D eigenvalue weighted by Gasteiger charge is 2.47. The lowest BCUT2D eigenvalue weighted by Gasteiger charge is -2.45. The number of alkyl halides is 1. The number of hydrogen-bond acceptors (Lipinski definition) is 13. The second-order valence-electron chi connectivity index (χ2n) is 24.2. The minimum atomic E-state index is -0.957. The predicted octanol–water partition coefficient (Wildman–Crippen LogP) is 11.1. The zero-order valence-electron chi connectivity index (χ0n) is 49.4. The summed E-state index contributed by atoms with van der Waals surface area (Å²) in [6.45, 7) is 13.0. The summed E-state index contributed by atoms with van der Waals surface area (Å²) in [6.07, 6.45) is 21.1. The van der Waals surface area contributed by atoms with Crippen LogP contribution in [0, 0.1) is 38.5 Å². The molecular formula is C65H81ClN10O7S. The molecule has 0 spiro atoms. The Kier molecular flexibility index (Phi) is 21.3. The molecule has 2 aliphatic carbocycles. The SMILES string of the molecule is C#CC1(OCCOCCOCCC(=O)N[C@H](C(=O)N2C[C@H](O)C[C@H]2C(=O)NCc2ccc(-c3scnc3C)cc2)C(C)(C)C)CCC(CCC2(N)CCC(Cl)(c3ncc(-c4cccnc4)cc3/C=C/c3ccc(C)c(C)c3)CC2)(N=[N+]=[N-])CC1. The van der Waals surface area contributed by atoms with Crippen LogP contribution in [0.3, 0.4) is 0 Å². The van der Waals surface area contributed by atoms with Gasteiger partial charge in [-0.15, -0.1) is 29.4 Å². The summed E-state index contributed by atoms with van der Waals surface area (Å²) < 4.78 is 17.8. The van der Waals surface area contributed by atoms with Gasteiger partial charge in [0.1, 0.15) is 17.7 Å². The van der Waals surface area contributed by atoms with Gasteiger partial charge in [-0.2, -0.15) is 0 Å². The Morgan fingerprint density at radius 3 is 2.30 bits per heavy atom. The van der Waals surface area contributed by atoms with Gasteiger partial charge in [-0.1, -0.05) is 92.5 Å². The number of hydrogen-bond donors (Lipinski definition) is 4. The van der Waals surface area contributed by atoms with Gasteiger partial charge in [-0.25, -0.2) is 4.98 Å². The second-order valence-corrected chi connectivity index (χ2v) is 25.8. The topological polar surface area (TPSA) is 240 Å². The largest absolute Gasteiger partial charge is 0.391 e. The molecule has 17 nitrogen and oxygen atoms in total. The van der Waals surface area contributed by atoms with Crippen molar-refractivity contribution in [2.45, 2.75) is 165 Å². The Morgan fingerprint density at radius 1 is 0.917 bits per heavy atom. The normalized spacial score (nSPS) is 23.8. The summed E-state index contributed by atoms with van der Waals surface area (Å²) in [5.74, 6) is 1.70. The summed E-state index contributed by atoms with van der Waals surface area (Å²) in [5, 5.41) is 20.8. The maximum atomic E-state index is 14.1. The average Bonchev–Trinajstić information content (AvgIpc) is 2.22. The molecule has 3 aromatic heterocycles. The van der Waals surface area contributed by atoms with Crippen molar-refractivity contribution in [3.05, 3.63) is 134 Å². The van der Waals surface area contributed by atoms with Crippen molar-refractivity contribution in [1.82, 2.24) is 30.5 Å².